The fourth-order valence-electron chi connectivity index (χ4n) is 5.66. The van der Waals surface area contributed by atoms with Crippen molar-refractivity contribution in [3.8, 4) is 17.1 Å². The van der Waals surface area contributed by atoms with E-state index in [4.69, 9.17) is 21.1 Å². The van der Waals surface area contributed by atoms with Gasteiger partial charge in [0.15, 0.2) is 0 Å². The van der Waals surface area contributed by atoms with E-state index in [0.717, 1.165) is 19.1 Å². The van der Waals surface area contributed by atoms with Crippen LogP contribution in [0.4, 0.5) is 4.39 Å². The van der Waals surface area contributed by atoms with Crippen LogP contribution >= 0.6 is 11.6 Å². The van der Waals surface area contributed by atoms with E-state index in [1.807, 2.05) is 0 Å². The third kappa shape index (κ3) is 5.08. The van der Waals surface area contributed by atoms with Crippen molar-refractivity contribution in [3.63, 3.8) is 0 Å². The predicted molar refractivity (Wildman–Crippen MR) is 122 cm³/mol. The molecule has 1 saturated carbocycles. The molecule has 3 aliphatic rings. The van der Waals surface area contributed by atoms with Crippen molar-refractivity contribution >= 4 is 11.6 Å². The lowest BCUT2D eigenvalue weighted by atomic mass is 9.58. The van der Waals surface area contributed by atoms with Crippen molar-refractivity contribution < 1.29 is 13.9 Å². The fraction of sp³-hybridized carbons (Fsp3) is 0.600. The topological polar surface area (TPSA) is 47.5 Å². The fourth-order valence-corrected chi connectivity index (χ4v) is 5.87. The molecule has 32 heavy (non-hydrogen) atoms. The maximum Gasteiger partial charge on any atom is 0.233 e. The van der Waals surface area contributed by atoms with Gasteiger partial charge in [-0.2, -0.15) is 0 Å². The van der Waals surface area contributed by atoms with Gasteiger partial charge in [-0.05, 0) is 93.1 Å². The minimum atomic E-state index is -0.348. The summed E-state index contributed by atoms with van der Waals surface area (Å²) >= 11 is 6.15. The Morgan fingerprint density at radius 1 is 1.12 bits per heavy atom. The van der Waals surface area contributed by atoms with Crippen LogP contribution in [0.3, 0.4) is 0 Å². The van der Waals surface area contributed by atoms with Gasteiger partial charge in [-0.1, -0.05) is 11.6 Å². The van der Waals surface area contributed by atoms with Gasteiger partial charge in [0.05, 0.1) is 23.9 Å². The van der Waals surface area contributed by atoms with E-state index < -0.39 is 0 Å². The molecular weight excluding hydrogens is 429 g/mol. The molecule has 2 aliphatic heterocycles. The van der Waals surface area contributed by atoms with E-state index in [1.165, 1.54) is 76.4 Å². The van der Waals surface area contributed by atoms with Crippen LogP contribution in [0.15, 0.2) is 30.3 Å². The van der Waals surface area contributed by atoms with Gasteiger partial charge in [-0.15, -0.1) is 10.2 Å². The zero-order valence-corrected chi connectivity index (χ0v) is 19.2. The Bertz CT molecular complexity index is 904. The molecule has 5 rings (SSSR count). The van der Waals surface area contributed by atoms with Crippen molar-refractivity contribution in [3.05, 3.63) is 41.2 Å². The van der Waals surface area contributed by atoms with E-state index in [2.05, 4.69) is 15.1 Å². The van der Waals surface area contributed by atoms with Crippen LogP contribution in [0, 0.1) is 23.1 Å². The molecule has 7 heteroatoms. The molecule has 1 atom stereocenters. The summed E-state index contributed by atoms with van der Waals surface area (Å²) in [5, 5.41) is 8.78. The number of halogens is 2. The van der Waals surface area contributed by atoms with Crippen molar-refractivity contribution in [2.24, 2.45) is 17.3 Å². The van der Waals surface area contributed by atoms with Crippen molar-refractivity contribution in [1.29, 1.82) is 0 Å². The second kappa shape index (κ2) is 9.62. The summed E-state index contributed by atoms with van der Waals surface area (Å²) in [5.74, 6) is 1.48. The normalized spacial score (nSPS) is 23.8. The molecule has 1 aromatic carbocycles. The zero-order chi connectivity index (χ0) is 22.0. The van der Waals surface area contributed by atoms with E-state index in [9.17, 15) is 4.39 Å². The SMILES string of the molecule is Fc1ccc(Cl)c(-c2ccc(OCC3CC4(CCN(CC5CCCOC5)CC4)C3)nn2)c1. The van der Waals surface area contributed by atoms with Gasteiger partial charge in [0.25, 0.3) is 0 Å². The predicted octanol–water partition coefficient (Wildman–Crippen LogP) is 5.23. The van der Waals surface area contributed by atoms with Crippen LogP contribution in [-0.2, 0) is 4.74 Å². The van der Waals surface area contributed by atoms with E-state index >= 15 is 0 Å². The molecule has 5 nitrogen and oxygen atoms in total. The number of hydrogen-bond donors (Lipinski definition) is 0. The minimum absolute atomic E-state index is 0.348. The first kappa shape index (κ1) is 22.1. The number of likely N-dealkylation sites (tertiary alicyclic amines) is 1. The van der Waals surface area contributed by atoms with Crippen LogP contribution in [0.25, 0.3) is 11.3 Å². The molecule has 172 valence electrons. The highest BCUT2D eigenvalue weighted by molar-refractivity contribution is 6.33. The lowest BCUT2D eigenvalue weighted by Crippen LogP contribution is -2.49. The Balaban J connectivity index is 1.05. The first-order valence-corrected chi connectivity index (χ1v) is 12.2. The molecule has 0 amide bonds. The van der Waals surface area contributed by atoms with Crippen LogP contribution in [-0.4, -0.2) is 54.6 Å². The Hall–Kier alpha value is -1.76. The van der Waals surface area contributed by atoms with Crippen LogP contribution < -0.4 is 4.74 Å². The molecule has 1 aromatic heterocycles. The number of ether oxygens (including phenoxy) is 2. The number of piperidine rings is 1. The summed E-state index contributed by atoms with van der Waals surface area (Å²) in [6.07, 6.45) is 7.64. The lowest BCUT2D eigenvalue weighted by Gasteiger charge is -2.52. The molecule has 3 heterocycles. The average molecular weight is 460 g/mol. The average Bonchev–Trinajstić information content (AvgIpc) is 2.80. The summed E-state index contributed by atoms with van der Waals surface area (Å²) in [7, 11) is 0. The van der Waals surface area contributed by atoms with Crippen LogP contribution in [0.5, 0.6) is 5.88 Å². The molecular formula is C25H31ClFN3O2. The largest absolute Gasteiger partial charge is 0.476 e. The standard InChI is InChI=1S/C25H31ClFN3O2/c26-22-4-3-20(27)12-21(22)23-5-6-24(29-28-23)32-17-19-13-25(14-19)7-9-30(10-8-25)15-18-2-1-11-31-16-18/h3-6,12,18-19H,1-2,7-11,13-17H2. The lowest BCUT2D eigenvalue weighted by molar-refractivity contribution is -0.0390. The number of rotatable bonds is 6. The van der Waals surface area contributed by atoms with Gasteiger partial charge < -0.3 is 14.4 Å². The highest BCUT2D eigenvalue weighted by Crippen LogP contribution is 2.52. The van der Waals surface area contributed by atoms with E-state index in [1.54, 1.807) is 12.1 Å². The van der Waals surface area contributed by atoms with Crippen molar-refractivity contribution in [1.82, 2.24) is 15.1 Å². The van der Waals surface area contributed by atoms with Gasteiger partial charge in [-0.25, -0.2) is 4.39 Å². The number of hydrogen-bond acceptors (Lipinski definition) is 5. The maximum absolute atomic E-state index is 13.5. The Kier molecular flexibility index (Phi) is 6.63. The van der Waals surface area contributed by atoms with Gasteiger partial charge in [-0.3, -0.25) is 0 Å². The summed E-state index contributed by atoms with van der Waals surface area (Å²) in [6.45, 7) is 6.22. The quantitative estimate of drug-likeness (QED) is 0.591. The second-order valence-electron chi connectivity index (χ2n) is 9.85. The minimum Gasteiger partial charge on any atom is -0.476 e. The number of aromatic nitrogens is 2. The molecule has 1 aliphatic carbocycles. The number of nitrogens with zero attached hydrogens (tertiary/aromatic N) is 3. The van der Waals surface area contributed by atoms with Gasteiger partial charge in [0.2, 0.25) is 5.88 Å². The summed E-state index contributed by atoms with van der Waals surface area (Å²) < 4.78 is 25.1. The molecule has 0 bridgehead atoms. The van der Waals surface area contributed by atoms with E-state index in [0.29, 0.717) is 40.1 Å². The molecule has 2 aromatic rings. The summed E-state index contributed by atoms with van der Waals surface area (Å²) in [4.78, 5) is 2.65. The first-order valence-electron chi connectivity index (χ1n) is 11.8. The molecule has 2 saturated heterocycles. The maximum atomic E-state index is 13.5. The second-order valence-corrected chi connectivity index (χ2v) is 10.3. The molecule has 0 N–H and O–H groups in total. The van der Waals surface area contributed by atoms with Crippen LogP contribution in [0.2, 0.25) is 5.02 Å². The van der Waals surface area contributed by atoms with Gasteiger partial charge in [0, 0.05) is 24.8 Å². The van der Waals surface area contributed by atoms with Crippen LogP contribution in [0.1, 0.15) is 38.5 Å². The molecule has 0 radical (unpaired) electrons. The third-order valence-corrected chi connectivity index (χ3v) is 7.77. The smallest absolute Gasteiger partial charge is 0.233 e. The van der Waals surface area contributed by atoms with E-state index in [-0.39, 0.29) is 5.82 Å². The van der Waals surface area contributed by atoms with Crippen molar-refractivity contribution in [2.45, 2.75) is 38.5 Å². The van der Waals surface area contributed by atoms with Gasteiger partial charge in [0.1, 0.15) is 5.82 Å². The van der Waals surface area contributed by atoms with Crippen molar-refractivity contribution in [2.75, 3.05) is 39.5 Å². The zero-order valence-electron chi connectivity index (χ0n) is 18.4. The number of benzene rings is 1. The molecule has 3 fully saturated rings. The summed E-state index contributed by atoms with van der Waals surface area (Å²) in [5.41, 5.74) is 1.60. The highest BCUT2D eigenvalue weighted by Gasteiger charge is 2.46. The summed E-state index contributed by atoms with van der Waals surface area (Å²) in [6, 6.07) is 7.79. The third-order valence-electron chi connectivity index (χ3n) is 7.44. The molecule has 1 unspecified atom stereocenters. The Morgan fingerprint density at radius 3 is 2.69 bits per heavy atom. The first-order chi connectivity index (χ1) is 15.6. The monoisotopic (exact) mass is 459 g/mol. The Labute approximate surface area is 194 Å². The molecule has 1 spiro atoms. The highest BCUT2D eigenvalue weighted by atomic mass is 35.5. The Morgan fingerprint density at radius 2 is 1.97 bits per heavy atom. The van der Waals surface area contributed by atoms with Gasteiger partial charge >= 0.3 is 0 Å².